The molecule has 1 saturated heterocycles. The third kappa shape index (κ3) is 2.98. The number of aliphatic hydroxyl groups is 1. The van der Waals surface area contributed by atoms with Gasteiger partial charge in [0.25, 0.3) is 0 Å². The van der Waals surface area contributed by atoms with E-state index in [-0.39, 0.29) is 24.4 Å². The van der Waals surface area contributed by atoms with Crippen LogP contribution < -0.4 is 0 Å². The number of esters is 1. The smallest absolute Gasteiger partial charge is 0.308 e. The first-order valence-corrected chi connectivity index (χ1v) is 5.52. The van der Waals surface area contributed by atoms with E-state index in [0.717, 1.165) is 25.7 Å². The van der Waals surface area contributed by atoms with Gasteiger partial charge in [0, 0.05) is 5.92 Å². The SMILES string of the molecule is CCCCC[C@@H]1OC(=O)C[C@@H](O)[C@@H]1C. The molecule has 0 amide bonds. The summed E-state index contributed by atoms with van der Waals surface area (Å²) in [5.74, 6) is -0.165. The molecule has 0 aromatic rings. The lowest BCUT2D eigenvalue weighted by Crippen LogP contribution is -2.40. The highest BCUT2D eigenvalue weighted by Gasteiger charge is 2.33. The van der Waals surface area contributed by atoms with Crippen LogP contribution >= 0.6 is 0 Å². The van der Waals surface area contributed by atoms with Crippen molar-refractivity contribution >= 4 is 5.97 Å². The van der Waals surface area contributed by atoms with Crippen LogP contribution in [0.4, 0.5) is 0 Å². The number of aliphatic hydroxyl groups excluding tert-OH is 1. The Morgan fingerprint density at radius 1 is 1.50 bits per heavy atom. The van der Waals surface area contributed by atoms with E-state index < -0.39 is 6.10 Å². The molecular formula is C11H20O3. The minimum Gasteiger partial charge on any atom is -0.462 e. The molecule has 0 saturated carbocycles. The van der Waals surface area contributed by atoms with Crippen molar-refractivity contribution < 1.29 is 14.6 Å². The van der Waals surface area contributed by atoms with Gasteiger partial charge in [-0.3, -0.25) is 4.79 Å². The summed E-state index contributed by atoms with van der Waals surface area (Å²) >= 11 is 0. The van der Waals surface area contributed by atoms with Gasteiger partial charge < -0.3 is 9.84 Å². The van der Waals surface area contributed by atoms with E-state index in [1.165, 1.54) is 0 Å². The molecule has 1 rings (SSSR count). The molecule has 3 atom stereocenters. The molecule has 0 radical (unpaired) electrons. The highest BCUT2D eigenvalue weighted by molar-refractivity contribution is 5.71. The van der Waals surface area contributed by atoms with Crippen LogP contribution in [0.1, 0.15) is 46.0 Å². The lowest BCUT2D eigenvalue weighted by molar-refractivity contribution is -0.167. The fourth-order valence-corrected chi connectivity index (χ4v) is 1.85. The predicted octanol–water partition coefficient (Wildman–Crippen LogP) is 1.88. The molecule has 1 N–H and O–H groups in total. The second kappa shape index (κ2) is 5.35. The first-order valence-electron chi connectivity index (χ1n) is 5.52. The maximum atomic E-state index is 11.1. The standard InChI is InChI=1S/C11H20O3/c1-3-4-5-6-10-8(2)9(12)7-11(13)14-10/h8-10,12H,3-7H2,1-2H3/t8-,9+,10-/m0/s1. The zero-order valence-corrected chi connectivity index (χ0v) is 9.03. The Morgan fingerprint density at radius 2 is 2.21 bits per heavy atom. The molecule has 3 nitrogen and oxygen atoms in total. The van der Waals surface area contributed by atoms with Crippen LogP contribution in [0, 0.1) is 5.92 Å². The van der Waals surface area contributed by atoms with Gasteiger partial charge in [-0.05, 0) is 12.8 Å². The second-order valence-corrected chi connectivity index (χ2v) is 4.15. The minimum atomic E-state index is -0.511. The summed E-state index contributed by atoms with van der Waals surface area (Å²) in [6.45, 7) is 4.10. The van der Waals surface area contributed by atoms with E-state index in [2.05, 4.69) is 6.92 Å². The van der Waals surface area contributed by atoms with Crippen molar-refractivity contribution in [3.63, 3.8) is 0 Å². The van der Waals surface area contributed by atoms with Gasteiger partial charge in [0.2, 0.25) is 0 Å². The first-order chi connectivity index (χ1) is 6.65. The number of unbranched alkanes of at least 4 members (excludes halogenated alkanes) is 2. The van der Waals surface area contributed by atoms with E-state index in [9.17, 15) is 9.90 Å². The normalized spacial score (nSPS) is 32.8. The summed E-state index contributed by atoms with van der Waals surface area (Å²) in [6, 6.07) is 0. The zero-order valence-electron chi connectivity index (χ0n) is 9.03. The monoisotopic (exact) mass is 200 g/mol. The summed E-state index contributed by atoms with van der Waals surface area (Å²) in [5.41, 5.74) is 0. The number of carbonyl (C=O) groups excluding carboxylic acids is 1. The Bertz CT molecular complexity index is 191. The molecular weight excluding hydrogens is 180 g/mol. The van der Waals surface area contributed by atoms with Crippen molar-refractivity contribution in [2.24, 2.45) is 5.92 Å². The van der Waals surface area contributed by atoms with Crippen molar-refractivity contribution in [1.29, 1.82) is 0 Å². The Hall–Kier alpha value is -0.570. The zero-order chi connectivity index (χ0) is 10.6. The van der Waals surface area contributed by atoms with Gasteiger partial charge in [0.05, 0.1) is 12.5 Å². The molecule has 0 bridgehead atoms. The van der Waals surface area contributed by atoms with Crippen molar-refractivity contribution in [3.05, 3.63) is 0 Å². The number of ether oxygens (including phenoxy) is 1. The van der Waals surface area contributed by atoms with Crippen LogP contribution in [0.3, 0.4) is 0 Å². The lowest BCUT2D eigenvalue weighted by Gasteiger charge is -2.32. The molecule has 14 heavy (non-hydrogen) atoms. The number of cyclic esters (lactones) is 1. The van der Waals surface area contributed by atoms with Gasteiger partial charge in [-0.1, -0.05) is 26.7 Å². The van der Waals surface area contributed by atoms with E-state index in [0.29, 0.717) is 0 Å². The highest BCUT2D eigenvalue weighted by atomic mass is 16.5. The van der Waals surface area contributed by atoms with Crippen LogP contribution in [0.25, 0.3) is 0 Å². The minimum absolute atomic E-state index is 0.0715. The highest BCUT2D eigenvalue weighted by Crippen LogP contribution is 2.25. The van der Waals surface area contributed by atoms with E-state index >= 15 is 0 Å². The van der Waals surface area contributed by atoms with Gasteiger partial charge in [-0.2, -0.15) is 0 Å². The van der Waals surface area contributed by atoms with Gasteiger partial charge >= 0.3 is 5.97 Å². The van der Waals surface area contributed by atoms with Crippen molar-refractivity contribution in [2.75, 3.05) is 0 Å². The molecule has 1 aliphatic heterocycles. The molecule has 1 fully saturated rings. The summed E-state index contributed by atoms with van der Waals surface area (Å²) in [4.78, 5) is 11.1. The topological polar surface area (TPSA) is 46.5 Å². The molecule has 1 aliphatic rings. The van der Waals surface area contributed by atoms with Crippen molar-refractivity contribution in [1.82, 2.24) is 0 Å². The van der Waals surface area contributed by atoms with Crippen molar-refractivity contribution in [3.8, 4) is 0 Å². The quantitative estimate of drug-likeness (QED) is 0.556. The van der Waals surface area contributed by atoms with Crippen LogP contribution in [-0.2, 0) is 9.53 Å². The van der Waals surface area contributed by atoms with Crippen LogP contribution in [0.15, 0.2) is 0 Å². The van der Waals surface area contributed by atoms with Crippen LogP contribution in [0.5, 0.6) is 0 Å². The van der Waals surface area contributed by atoms with Crippen LogP contribution in [-0.4, -0.2) is 23.3 Å². The molecule has 0 aromatic carbocycles. The molecule has 0 aliphatic carbocycles. The fraction of sp³-hybridized carbons (Fsp3) is 0.909. The Labute approximate surface area is 85.5 Å². The summed E-state index contributed by atoms with van der Waals surface area (Å²) in [5, 5.41) is 9.57. The van der Waals surface area contributed by atoms with Crippen LogP contribution in [0.2, 0.25) is 0 Å². The maximum Gasteiger partial charge on any atom is 0.308 e. The Morgan fingerprint density at radius 3 is 2.86 bits per heavy atom. The van der Waals surface area contributed by atoms with E-state index in [1.807, 2.05) is 6.92 Å². The second-order valence-electron chi connectivity index (χ2n) is 4.15. The average Bonchev–Trinajstić information content (AvgIpc) is 2.13. The van der Waals surface area contributed by atoms with Gasteiger partial charge in [0.1, 0.15) is 6.10 Å². The first kappa shape index (κ1) is 11.5. The number of carbonyl (C=O) groups is 1. The summed E-state index contributed by atoms with van der Waals surface area (Å²) in [7, 11) is 0. The number of rotatable bonds is 4. The molecule has 0 spiro atoms. The third-order valence-corrected chi connectivity index (χ3v) is 2.94. The van der Waals surface area contributed by atoms with Gasteiger partial charge in [0.15, 0.2) is 0 Å². The fourth-order valence-electron chi connectivity index (χ4n) is 1.85. The Kier molecular flexibility index (Phi) is 4.39. The largest absolute Gasteiger partial charge is 0.462 e. The molecule has 0 unspecified atom stereocenters. The number of hydrogen-bond acceptors (Lipinski definition) is 3. The van der Waals surface area contributed by atoms with Gasteiger partial charge in [-0.15, -0.1) is 0 Å². The predicted molar refractivity (Wildman–Crippen MR) is 53.8 cm³/mol. The lowest BCUT2D eigenvalue weighted by atomic mass is 9.90. The molecule has 82 valence electrons. The number of hydrogen-bond donors (Lipinski definition) is 1. The van der Waals surface area contributed by atoms with Crippen molar-refractivity contribution in [2.45, 2.75) is 58.2 Å². The third-order valence-electron chi connectivity index (χ3n) is 2.94. The molecule has 0 aromatic heterocycles. The summed E-state index contributed by atoms with van der Waals surface area (Å²) in [6.07, 6.45) is 3.86. The van der Waals surface area contributed by atoms with E-state index in [4.69, 9.17) is 4.74 Å². The maximum absolute atomic E-state index is 11.1. The van der Waals surface area contributed by atoms with Gasteiger partial charge in [-0.25, -0.2) is 0 Å². The van der Waals surface area contributed by atoms with E-state index in [1.54, 1.807) is 0 Å². The average molecular weight is 200 g/mol. The Balaban J connectivity index is 2.37. The molecule has 1 heterocycles. The molecule has 3 heteroatoms. The summed E-state index contributed by atoms with van der Waals surface area (Å²) < 4.78 is 5.22.